The standard InChI is InChI=1S/C16H17FN2O2/c1-11(2)21-15-6-5-13(8-14(15)17)16(20)19-10-12-4-3-7-18-9-12/h3-9,11H,10H2,1-2H3,(H,19,20). The van der Waals surface area contributed by atoms with E-state index in [9.17, 15) is 9.18 Å². The monoisotopic (exact) mass is 288 g/mol. The lowest BCUT2D eigenvalue weighted by Crippen LogP contribution is -2.23. The Kier molecular flexibility index (Phi) is 4.87. The van der Waals surface area contributed by atoms with Gasteiger partial charge in [0.25, 0.3) is 5.91 Å². The van der Waals surface area contributed by atoms with E-state index < -0.39 is 5.82 Å². The molecule has 0 saturated carbocycles. The van der Waals surface area contributed by atoms with Gasteiger partial charge >= 0.3 is 0 Å². The molecule has 5 heteroatoms. The Morgan fingerprint density at radius 1 is 1.38 bits per heavy atom. The van der Waals surface area contributed by atoms with Crippen LogP contribution in [0.3, 0.4) is 0 Å². The summed E-state index contributed by atoms with van der Waals surface area (Å²) in [6.07, 6.45) is 3.21. The van der Waals surface area contributed by atoms with Crippen LogP contribution in [-0.4, -0.2) is 17.0 Å². The molecule has 1 amide bonds. The molecule has 21 heavy (non-hydrogen) atoms. The molecule has 0 saturated heterocycles. The number of carbonyl (C=O) groups excluding carboxylic acids is 1. The molecule has 0 spiro atoms. The average molecular weight is 288 g/mol. The molecule has 1 N–H and O–H groups in total. The van der Waals surface area contributed by atoms with Crippen molar-refractivity contribution in [2.75, 3.05) is 0 Å². The fourth-order valence-electron chi connectivity index (χ4n) is 1.78. The van der Waals surface area contributed by atoms with Crippen molar-refractivity contribution in [3.8, 4) is 5.75 Å². The number of pyridine rings is 1. The van der Waals surface area contributed by atoms with Gasteiger partial charge in [-0.3, -0.25) is 9.78 Å². The normalized spacial score (nSPS) is 10.5. The fraction of sp³-hybridized carbons (Fsp3) is 0.250. The lowest BCUT2D eigenvalue weighted by molar-refractivity contribution is 0.0950. The van der Waals surface area contributed by atoms with Gasteiger partial charge in [-0.25, -0.2) is 4.39 Å². The van der Waals surface area contributed by atoms with Gasteiger partial charge in [-0.05, 0) is 43.7 Å². The number of hydrogen-bond acceptors (Lipinski definition) is 3. The largest absolute Gasteiger partial charge is 0.488 e. The first kappa shape index (κ1) is 15.0. The van der Waals surface area contributed by atoms with Crippen LogP contribution in [0.15, 0.2) is 42.7 Å². The maximum atomic E-state index is 13.8. The smallest absolute Gasteiger partial charge is 0.251 e. The van der Waals surface area contributed by atoms with E-state index in [1.807, 2.05) is 19.9 Å². The number of carbonyl (C=O) groups is 1. The van der Waals surface area contributed by atoms with Gasteiger partial charge in [-0.1, -0.05) is 6.07 Å². The van der Waals surface area contributed by atoms with Crippen molar-refractivity contribution >= 4 is 5.91 Å². The molecular formula is C16H17FN2O2. The van der Waals surface area contributed by atoms with Gasteiger partial charge in [-0.15, -0.1) is 0 Å². The van der Waals surface area contributed by atoms with Gasteiger partial charge in [0.05, 0.1) is 6.10 Å². The van der Waals surface area contributed by atoms with E-state index in [4.69, 9.17) is 4.74 Å². The van der Waals surface area contributed by atoms with E-state index in [1.54, 1.807) is 24.5 Å². The molecule has 110 valence electrons. The third-order valence-electron chi connectivity index (χ3n) is 2.73. The highest BCUT2D eigenvalue weighted by atomic mass is 19.1. The van der Waals surface area contributed by atoms with E-state index in [2.05, 4.69) is 10.3 Å². The summed E-state index contributed by atoms with van der Waals surface area (Å²) < 4.78 is 19.1. The third-order valence-corrected chi connectivity index (χ3v) is 2.73. The van der Waals surface area contributed by atoms with E-state index in [0.29, 0.717) is 6.54 Å². The molecule has 2 rings (SSSR count). The number of hydrogen-bond donors (Lipinski definition) is 1. The first-order valence-corrected chi connectivity index (χ1v) is 6.69. The summed E-state index contributed by atoms with van der Waals surface area (Å²) in [6.45, 7) is 3.97. The Morgan fingerprint density at radius 3 is 2.81 bits per heavy atom. The van der Waals surface area contributed by atoms with Crippen molar-refractivity contribution in [1.29, 1.82) is 0 Å². The van der Waals surface area contributed by atoms with Crippen molar-refractivity contribution in [2.45, 2.75) is 26.5 Å². The maximum Gasteiger partial charge on any atom is 0.251 e. The Hall–Kier alpha value is -2.43. The van der Waals surface area contributed by atoms with Crippen molar-refractivity contribution < 1.29 is 13.9 Å². The van der Waals surface area contributed by atoms with E-state index in [1.165, 1.54) is 12.1 Å². The summed E-state index contributed by atoms with van der Waals surface area (Å²) in [6, 6.07) is 7.83. The zero-order chi connectivity index (χ0) is 15.2. The number of nitrogens with zero attached hydrogens (tertiary/aromatic N) is 1. The highest BCUT2D eigenvalue weighted by Gasteiger charge is 2.11. The van der Waals surface area contributed by atoms with Gasteiger partial charge in [0.1, 0.15) is 0 Å². The summed E-state index contributed by atoms with van der Waals surface area (Å²) in [5.74, 6) is -0.736. The minimum absolute atomic E-state index is 0.121. The van der Waals surface area contributed by atoms with Crippen LogP contribution in [0, 0.1) is 5.82 Å². The molecule has 1 aromatic carbocycles. The first-order chi connectivity index (χ1) is 10.1. The number of aromatic nitrogens is 1. The number of amides is 1. The molecule has 0 atom stereocenters. The van der Waals surface area contributed by atoms with Crippen molar-refractivity contribution in [1.82, 2.24) is 10.3 Å². The molecule has 0 bridgehead atoms. The Bertz CT molecular complexity index is 615. The van der Waals surface area contributed by atoms with Crippen LogP contribution in [0.1, 0.15) is 29.8 Å². The molecule has 0 aliphatic carbocycles. The van der Waals surface area contributed by atoms with Gasteiger partial charge in [0.15, 0.2) is 11.6 Å². The molecule has 0 unspecified atom stereocenters. The van der Waals surface area contributed by atoms with E-state index >= 15 is 0 Å². The Morgan fingerprint density at radius 2 is 2.19 bits per heavy atom. The summed E-state index contributed by atoms with van der Waals surface area (Å²) >= 11 is 0. The summed E-state index contributed by atoms with van der Waals surface area (Å²) in [7, 11) is 0. The van der Waals surface area contributed by atoms with E-state index in [-0.39, 0.29) is 23.3 Å². The quantitative estimate of drug-likeness (QED) is 0.920. The van der Waals surface area contributed by atoms with Gasteiger partial charge < -0.3 is 10.1 Å². The van der Waals surface area contributed by atoms with Crippen LogP contribution < -0.4 is 10.1 Å². The number of ether oxygens (including phenoxy) is 1. The summed E-state index contributed by atoms with van der Waals surface area (Å²) in [5.41, 5.74) is 1.14. The number of nitrogens with one attached hydrogen (secondary N) is 1. The van der Waals surface area contributed by atoms with Crippen molar-refractivity contribution in [3.63, 3.8) is 0 Å². The predicted octanol–water partition coefficient (Wildman–Crippen LogP) is 2.94. The van der Waals surface area contributed by atoms with Crippen LogP contribution in [-0.2, 0) is 6.54 Å². The van der Waals surface area contributed by atoms with E-state index in [0.717, 1.165) is 5.56 Å². The number of halogens is 1. The molecular weight excluding hydrogens is 271 g/mol. The molecule has 1 aromatic heterocycles. The molecule has 4 nitrogen and oxygen atoms in total. The lowest BCUT2D eigenvalue weighted by Gasteiger charge is -2.11. The summed E-state index contributed by atoms with van der Waals surface area (Å²) in [4.78, 5) is 15.9. The van der Waals surface area contributed by atoms with Crippen LogP contribution in [0.2, 0.25) is 0 Å². The van der Waals surface area contributed by atoms with Gasteiger partial charge in [0, 0.05) is 24.5 Å². The van der Waals surface area contributed by atoms with Crippen LogP contribution in [0.4, 0.5) is 4.39 Å². The summed E-state index contributed by atoms with van der Waals surface area (Å²) in [5, 5.41) is 2.72. The van der Waals surface area contributed by atoms with Gasteiger partial charge in [-0.2, -0.15) is 0 Å². The van der Waals surface area contributed by atoms with Gasteiger partial charge in [0.2, 0.25) is 0 Å². The van der Waals surface area contributed by atoms with Crippen LogP contribution in [0.5, 0.6) is 5.75 Å². The van der Waals surface area contributed by atoms with Crippen molar-refractivity contribution in [2.24, 2.45) is 0 Å². The number of benzene rings is 1. The molecule has 0 radical (unpaired) electrons. The zero-order valence-electron chi connectivity index (χ0n) is 12.0. The topological polar surface area (TPSA) is 51.2 Å². The lowest BCUT2D eigenvalue weighted by atomic mass is 10.2. The maximum absolute atomic E-state index is 13.8. The molecule has 0 fully saturated rings. The van der Waals surface area contributed by atoms with Crippen LogP contribution >= 0.6 is 0 Å². The predicted molar refractivity (Wildman–Crippen MR) is 77.6 cm³/mol. The Labute approximate surface area is 123 Å². The molecule has 1 heterocycles. The number of rotatable bonds is 5. The highest BCUT2D eigenvalue weighted by molar-refractivity contribution is 5.94. The minimum atomic E-state index is -0.544. The first-order valence-electron chi connectivity index (χ1n) is 6.69. The van der Waals surface area contributed by atoms with Crippen LogP contribution in [0.25, 0.3) is 0 Å². The second-order valence-electron chi connectivity index (χ2n) is 4.86. The Balaban J connectivity index is 2.01. The second-order valence-corrected chi connectivity index (χ2v) is 4.86. The van der Waals surface area contributed by atoms with Crippen molar-refractivity contribution in [3.05, 3.63) is 59.7 Å². The molecule has 2 aromatic rings. The zero-order valence-corrected chi connectivity index (χ0v) is 12.0. The molecule has 0 aliphatic rings. The highest BCUT2D eigenvalue weighted by Crippen LogP contribution is 2.19. The average Bonchev–Trinajstić information content (AvgIpc) is 2.47. The minimum Gasteiger partial charge on any atom is -0.488 e. The second kappa shape index (κ2) is 6.83. The SMILES string of the molecule is CC(C)Oc1ccc(C(=O)NCc2cccnc2)cc1F. The molecule has 0 aliphatic heterocycles. The third kappa shape index (κ3) is 4.27. The fourth-order valence-corrected chi connectivity index (χ4v) is 1.78.